The third-order valence-electron chi connectivity index (χ3n) is 2.06. The molecular formula is C10H16N6O. The summed E-state index contributed by atoms with van der Waals surface area (Å²) < 4.78 is 0. The van der Waals surface area contributed by atoms with Crippen molar-refractivity contribution in [2.24, 2.45) is 22.4 Å². The number of anilines is 1. The second-order valence-corrected chi connectivity index (χ2v) is 3.82. The predicted octanol–water partition coefficient (Wildman–Crippen LogP) is 0.000300. The maximum Gasteiger partial charge on any atom is 0.230 e. The zero-order valence-corrected chi connectivity index (χ0v) is 10.1. The number of amides is 1. The van der Waals surface area contributed by atoms with E-state index in [4.69, 9.17) is 11.5 Å². The molecule has 0 saturated heterocycles. The van der Waals surface area contributed by atoms with Crippen LogP contribution < -0.4 is 16.4 Å². The van der Waals surface area contributed by atoms with E-state index in [1.165, 1.54) is 17.4 Å². The number of guanidine groups is 1. The van der Waals surface area contributed by atoms with Crippen molar-refractivity contribution >= 4 is 23.4 Å². The van der Waals surface area contributed by atoms with Crippen molar-refractivity contribution in [3.8, 4) is 0 Å². The van der Waals surface area contributed by atoms with Crippen LogP contribution in [0.4, 0.5) is 11.5 Å². The van der Waals surface area contributed by atoms with Crippen LogP contribution in [0.2, 0.25) is 0 Å². The van der Waals surface area contributed by atoms with Gasteiger partial charge in [-0.05, 0) is 0 Å². The number of aliphatic imine (C=N–C) groups is 1. The van der Waals surface area contributed by atoms with E-state index in [0.29, 0.717) is 11.5 Å². The van der Waals surface area contributed by atoms with E-state index in [-0.39, 0.29) is 17.8 Å². The van der Waals surface area contributed by atoms with Crippen molar-refractivity contribution in [3.05, 3.63) is 12.5 Å². The molecule has 0 atom stereocenters. The third kappa shape index (κ3) is 3.13. The minimum Gasteiger partial charge on any atom is -0.370 e. The quantitative estimate of drug-likeness (QED) is 0.567. The molecule has 7 nitrogen and oxygen atoms in total. The van der Waals surface area contributed by atoms with Crippen LogP contribution >= 0.6 is 0 Å². The topological polar surface area (TPSA) is 110 Å². The monoisotopic (exact) mass is 236 g/mol. The smallest absolute Gasteiger partial charge is 0.230 e. The van der Waals surface area contributed by atoms with Gasteiger partial charge in [-0.3, -0.25) is 9.69 Å². The van der Waals surface area contributed by atoms with E-state index >= 15 is 0 Å². The lowest BCUT2D eigenvalue weighted by Crippen LogP contribution is -2.31. The van der Waals surface area contributed by atoms with E-state index in [9.17, 15) is 4.79 Å². The number of carbonyl (C=O) groups is 1. The number of hydrogen-bond acceptors (Lipinski definition) is 4. The number of nitrogens with two attached hydrogens (primary N) is 2. The zero-order chi connectivity index (χ0) is 13.0. The Morgan fingerprint density at radius 2 is 2.12 bits per heavy atom. The van der Waals surface area contributed by atoms with Crippen LogP contribution in [0.15, 0.2) is 17.5 Å². The van der Waals surface area contributed by atoms with Crippen molar-refractivity contribution in [2.75, 3.05) is 11.9 Å². The average molecular weight is 236 g/mol. The molecule has 0 saturated carbocycles. The normalized spacial score (nSPS) is 10.1. The molecule has 17 heavy (non-hydrogen) atoms. The first-order valence-electron chi connectivity index (χ1n) is 5.10. The van der Waals surface area contributed by atoms with Gasteiger partial charge < -0.3 is 11.5 Å². The molecule has 1 heterocycles. The second kappa shape index (κ2) is 5.24. The van der Waals surface area contributed by atoms with Gasteiger partial charge in [0.1, 0.15) is 12.0 Å². The lowest BCUT2D eigenvalue weighted by atomic mass is 10.2. The molecule has 1 aromatic heterocycles. The number of aromatic nitrogens is 2. The van der Waals surface area contributed by atoms with E-state index in [0.717, 1.165) is 0 Å². The van der Waals surface area contributed by atoms with Gasteiger partial charge in [-0.25, -0.2) is 15.0 Å². The van der Waals surface area contributed by atoms with Gasteiger partial charge in [0.25, 0.3) is 0 Å². The van der Waals surface area contributed by atoms with E-state index in [1.807, 2.05) is 0 Å². The summed E-state index contributed by atoms with van der Waals surface area (Å²) >= 11 is 0. The van der Waals surface area contributed by atoms with Crippen LogP contribution in [0.1, 0.15) is 13.8 Å². The molecule has 7 heteroatoms. The van der Waals surface area contributed by atoms with Gasteiger partial charge in [0.05, 0.1) is 6.20 Å². The molecule has 0 aliphatic carbocycles. The summed E-state index contributed by atoms with van der Waals surface area (Å²) in [6.07, 6.45) is 2.79. The minimum atomic E-state index is -0.137. The Labute approximate surface area is 99.6 Å². The van der Waals surface area contributed by atoms with Crippen LogP contribution in [0.3, 0.4) is 0 Å². The van der Waals surface area contributed by atoms with Crippen LogP contribution in [0.5, 0.6) is 0 Å². The number of hydrogen-bond donors (Lipinski definition) is 2. The Morgan fingerprint density at radius 3 is 2.65 bits per heavy atom. The van der Waals surface area contributed by atoms with Gasteiger partial charge in [-0.1, -0.05) is 13.8 Å². The summed E-state index contributed by atoms with van der Waals surface area (Å²) in [5.41, 5.74) is 11.0. The highest BCUT2D eigenvalue weighted by Crippen LogP contribution is 2.24. The Kier molecular flexibility index (Phi) is 3.97. The summed E-state index contributed by atoms with van der Waals surface area (Å²) in [6, 6.07) is 0. The van der Waals surface area contributed by atoms with Gasteiger partial charge in [0, 0.05) is 13.0 Å². The molecule has 0 aliphatic heterocycles. The van der Waals surface area contributed by atoms with Crippen LogP contribution in [-0.2, 0) is 4.79 Å². The van der Waals surface area contributed by atoms with Crippen molar-refractivity contribution in [1.29, 1.82) is 0 Å². The summed E-state index contributed by atoms with van der Waals surface area (Å²) in [5.74, 6) is 0.0660. The Hall–Kier alpha value is -2.18. The summed E-state index contributed by atoms with van der Waals surface area (Å²) in [5, 5.41) is 0. The lowest BCUT2D eigenvalue weighted by molar-refractivity contribution is -0.121. The van der Waals surface area contributed by atoms with E-state index in [2.05, 4.69) is 15.0 Å². The van der Waals surface area contributed by atoms with Crippen LogP contribution in [0, 0.1) is 5.92 Å². The average Bonchev–Trinajstić information content (AvgIpc) is 2.27. The zero-order valence-electron chi connectivity index (χ0n) is 10.1. The van der Waals surface area contributed by atoms with Gasteiger partial charge in [0.15, 0.2) is 11.8 Å². The van der Waals surface area contributed by atoms with Crippen LogP contribution in [-0.4, -0.2) is 28.9 Å². The fraction of sp³-hybridized carbons (Fsp3) is 0.400. The summed E-state index contributed by atoms with van der Waals surface area (Å²) in [6.45, 7) is 3.61. The molecule has 0 radical (unpaired) electrons. The molecule has 1 rings (SSSR count). The Balaban J connectivity index is 3.13. The largest absolute Gasteiger partial charge is 0.370 e. The standard InChI is InChI=1S/C10H16N6O/c1-6(2)9(17)16(3)8-7(15-10(11)12)4-13-5-14-8/h4-6H,1-3H3,(H4,11,12,15). The molecule has 0 bridgehead atoms. The first kappa shape index (κ1) is 12.9. The van der Waals surface area contributed by atoms with Crippen molar-refractivity contribution in [1.82, 2.24) is 9.97 Å². The molecule has 92 valence electrons. The molecule has 4 N–H and O–H groups in total. The van der Waals surface area contributed by atoms with Crippen molar-refractivity contribution < 1.29 is 4.79 Å². The SMILES string of the molecule is CC(C)C(=O)N(C)c1ncncc1N=C(N)N. The number of nitrogens with zero attached hydrogens (tertiary/aromatic N) is 4. The molecule has 0 fully saturated rings. The molecule has 1 amide bonds. The highest BCUT2D eigenvalue weighted by atomic mass is 16.2. The summed E-state index contributed by atoms with van der Waals surface area (Å²) in [4.78, 5) is 25.0. The minimum absolute atomic E-state index is 0.0734. The number of carbonyl (C=O) groups excluding carboxylic acids is 1. The molecule has 0 aliphatic rings. The van der Waals surface area contributed by atoms with E-state index in [1.54, 1.807) is 20.9 Å². The Morgan fingerprint density at radius 1 is 1.47 bits per heavy atom. The van der Waals surface area contributed by atoms with Gasteiger partial charge in [0.2, 0.25) is 5.91 Å². The third-order valence-corrected chi connectivity index (χ3v) is 2.06. The molecule has 0 spiro atoms. The highest BCUT2D eigenvalue weighted by Gasteiger charge is 2.18. The predicted molar refractivity (Wildman–Crippen MR) is 65.7 cm³/mol. The van der Waals surface area contributed by atoms with Gasteiger partial charge >= 0.3 is 0 Å². The molecular weight excluding hydrogens is 220 g/mol. The van der Waals surface area contributed by atoms with Crippen LogP contribution in [0.25, 0.3) is 0 Å². The Bertz CT molecular complexity index is 438. The summed E-state index contributed by atoms with van der Waals surface area (Å²) in [7, 11) is 1.62. The molecule has 1 aromatic rings. The number of rotatable bonds is 3. The van der Waals surface area contributed by atoms with Gasteiger partial charge in [-0.15, -0.1) is 0 Å². The molecule has 0 unspecified atom stereocenters. The maximum absolute atomic E-state index is 11.8. The fourth-order valence-electron chi connectivity index (χ4n) is 1.28. The lowest BCUT2D eigenvalue weighted by Gasteiger charge is -2.19. The maximum atomic E-state index is 11.8. The fourth-order valence-corrected chi connectivity index (χ4v) is 1.28. The van der Waals surface area contributed by atoms with Crippen molar-refractivity contribution in [2.45, 2.75) is 13.8 Å². The molecule has 0 aromatic carbocycles. The first-order valence-corrected chi connectivity index (χ1v) is 5.10. The highest BCUT2D eigenvalue weighted by molar-refractivity contribution is 5.96. The first-order chi connectivity index (χ1) is 7.93. The van der Waals surface area contributed by atoms with Gasteiger partial charge in [-0.2, -0.15) is 0 Å². The van der Waals surface area contributed by atoms with E-state index < -0.39 is 0 Å². The van der Waals surface area contributed by atoms with Crippen molar-refractivity contribution in [3.63, 3.8) is 0 Å². The second-order valence-electron chi connectivity index (χ2n) is 3.82.